The number of hydrogen-bond donors (Lipinski definition) is 1. The zero-order chi connectivity index (χ0) is 18.5. The summed E-state index contributed by atoms with van der Waals surface area (Å²) in [5, 5.41) is 2.94. The molecule has 0 spiro atoms. The first kappa shape index (κ1) is 18.2. The van der Waals surface area contributed by atoms with Crippen LogP contribution in [0.3, 0.4) is 0 Å². The van der Waals surface area contributed by atoms with E-state index in [1.165, 1.54) is 0 Å². The highest BCUT2D eigenvalue weighted by molar-refractivity contribution is 5.82. The Morgan fingerprint density at radius 3 is 2.46 bits per heavy atom. The molecule has 3 aromatic rings. The molecular weight excluding hydrogens is 328 g/mol. The van der Waals surface area contributed by atoms with Gasteiger partial charge in [-0.15, -0.1) is 0 Å². The Hall–Kier alpha value is -2.60. The van der Waals surface area contributed by atoms with Crippen molar-refractivity contribution in [2.24, 2.45) is 0 Å². The van der Waals surface area contributed by atoms with E-state index in [1.54, 1.807) is 10.6 Å². The van der Waals surface area contributed by atoms with E-state index in [4.69, 9.17) is 0 Å². The molecule has 0 aliphatic carbocycles. The van der Waals surface area contributed by atoms with Gasteiger partial charge in [0, 0.05) is 12.7 Å². The number of carbonyl (C=O) groups is 1. The van der Waals surface area contributed by atoms with Gasteiger partial charge in [0.25, 0.3) is 5.56 Å². The predicted molar refractivity (Wildman–Crippen MR) is 105 cm³/mol. The van der Waals surface area contributed by atoms with Gasteiger partial charge in [0.2, 0.25) is 5.91 Å². The van der Waals surface area contributed by atoms with Gasteiger partial charge in [0.1, 0.15) is 12.1 Å². The maximum absolute atomic E-state index is 12.8. The Balaban J connectivity index is 1.75. The Bertz CT molecular complexity index is 953. The number of aromatic nitrogens is 2. The largest absolute Gasteiger partial charge is 0.355 e. The van der Waals surface area contributed by atoms with Gasteiger partial charge in [0.15, 0.2) is 0 Å². The fraction of sp³-hybridized carbons (Fsp3) is 0.400. The summed E-state index contributed by atoms with van der Waals surface area (Å²) < 4.78 is 3.43. The highest BCUT2D eigenvalue weighted by atomic mass is 16.2. The summed E-state index contributed by atoms with van der Waals surface area (Å²) in [4.78, 5) is 27.5. The number of para-hydroxylation sites is 2. The first-order chi connectivity index (χ1) is 12.7. The van der Waals surface area contributed by atoms with Crippen molar-refractivity contribution < 1.29 is 4.79 Å². The maximum atomic E-state index is 12.8. The van der Waals surface area contributed by atoms with Crippen LogP contribution in [0.15, 0.2) is 47.4 Å². The zero-order valence-corrected chi connectivity index (χ0v) is 15.4. The van der Waals surface area contributed by atoms with Crippen LogP contribution in [-0.2, 0) is 11.3 Å². The maximum Gasteiger partial charge on any atom is 0.275 e. The smallest absolute Gasteiger partial charge is 0.275 e. The van der Waals surface area contributed by atoms with Gasteiger partial charge in [-0.1, -0.05) is 26.0 Å². The molecule has 138 valence electrons. The van der Waals surface area contributed by atoms with Crippen LogP contribution in [0.25, 0.3) is 16.6 Å². The summed E-state index contributed by atoms with van der Waals surface area (Å²) in [6.45, 7) is 7.93. The van der Waals surface area contributed by atoms with E-state index < -0.39 is 0 Å². The predicted octanol–water partition coefficient (Wildman–Crippen LogP) is 2.10. The van der Waals surface area contributed by atoms with E-state index in [1.807, 2.05) is 40.9 Å². The van der Waals surface area contributed by atoms with Crippen LogP contribution < -0.4 is 10.9 Å². The topological polar surface area (TPSA) is 58.8 Å². The van der Waals surface area contributed by atoms with Crippen molar-refractivity contribution >= 4 is 22.5 Å². The number of nitrogens with zero attached hydrogens (tertiary/aromatic N) is 3. The SMILES string of the molecule is CCN(CC)CCCNC(=O)Cn1c(=O)c2cccn2c2ccccc21. The Morgan fingerprint density at radius 2 is 1.73 bits per heavy atom. The molecule has 3 rings (SSSR count). The first-order valence-electron chi connectivity index (χ1n) is 9.23. The average Bonchev–Trinajstić information content (AvgIpc) is 3.15. The van der Waals surface area contributed by atoms with Gasteiger partial charge < -0.3 is 14.6 Å². The second-order valence-corrected chi connectivity index (χ2v) is 6.37. The Morgan fingerprint density at radius 1 is 1.04 bits per heavy atom. The average molecular weight is 354 g/mol. The molecule has 1 aromatic carbocycles. The second kappa shape index (κ2) is 8.19. The van der Waals surface area contributed by atoms with Crippen LogP contribution in [0.4, 0.5) is 0 Å². The fourth-order valence-corrected chi connectivity index (χ4v) is 3.34. The van der Waals surface area contributed by atoms with E-state index in [9.17, 15) is 9.59 Å². The molecule has 0 saturated heterocycles. The highest BCUT2D eigenvalue weighted by Crippen LogP contribution is 2.14. The van der Waals surface area contributed by atoms with Crippen LogP contribution in [0.2, 0.25) is 0 Å². The number of nitrogens with one attached hydrogen (secondary N) is 1. The van der Waals surface area contributed by atoms with Crippen LogP contribution in [-0.4, -0.2) is 46.0 Å². The van der Waals surface area contributed by atoms with Crippen LogP contribution in [0, 0.1) is 0 Å². The van der Waals surface area contributed by atoms with Gasteiger partial charge in [0.05, 0.1) is 11.0 Å². The highest BCUT2D eigenvalue weighted by Gasteiger charge is 2.12. The minimum Gasteiger partial charge on any atom is -0.355 e. The van der Waals surface area contributed by atoms with Gasteiger partial charge in [-0.25, -0.2) is 0 Å². The number of benzene rings is 1. The molecule has 0 unspecified atom stereocenters. The second-order valence-electron chi connectivity index (χ2n) is 6.37. The van der Waals surface area contributed by atoms with Crippen LogP contribution >= 0.6 is 0 Å². The molecule has 26 heavy (non-hydrogen) atoms. The lowest BCUT2D eigenvalue weighted by molar-refractivity contribution is -0.121. The summed E-state index contributed by atoms with van der Waals surface area (Å²) >= 11 is 0. The summed E-state index contributed by atoms with van der Waals surface area (Å²) in [7, 11) is 0. The van der Waals surface area contributed by atoms with Gasteiger partial charge in [-0.2, -0.15) is 0 Å². The summed E-state index contributed by atoms with van der Waals surface area (Å²) in [6.07, 6.45) is 2.78. The van der Waals surface area contributed by atoms with Crippen molar-refractivity contribution in [3.63, 3.8) is 0 Å². The molecule has 0 aliphatic rings. The standard InChI is InChI=1S/C20H26N4O2/c1-3-22(4-2)13-8-12-21-19(25)15-24-17-10-6-5-9-16(17)23-14-7-11-18(23)20(24)26/h5-7,9-11,14H,3-4,8,12-13,15H2,1-2H3,(H,21,25). The van der Waals surface area contributed by atoms with Crippen LogP contribution in [0.5, 0.6) is 0 Å². The van der Waals surface area contributed by atoms with Gasteiger partial charge >= 0.3 is 0 Å². The lowest BCUT2D eigenvalue weighted by atomic mass is 10.2. The van der Waals surface area contributed by atoms with Crippen LogP contribution in [0.1, 0.15) is 20.3 Å². The summed E-state index contributed by atoms with van der Waals surface area (Å²) in [5.41, 5.74) is 2.12. The molecule has 0 aliphatic heterocycles. The molecule has 6 nitrogen and oxygen atoms in total. The zero-order valence-electron chi connectivity index (χ0n) is 15.4. The van der Waals surface area contributed by atoms with Gasteiger partial charge in [-0.3, -0.25) is 14.2 Å². The number of fused-ring (bicyclic) bond motifs is 3. The molecule has 0 atom stereocenters. The van der Waals surface area contributed by atoms with Crippen molar-refractivity contribution in [2.45, 2.75) is 26.8 Å². The van der Waals surface area contributed by atoms with Crippen molar-refractivity contribution in [1.82, 2.24) is 19.2 Å². The van der Waals surface area contributed by atoms with E-state index >= 15 is 0 Å². The minimum absolute atomic E-state index is 0.0340. The lowest BCUT2D eigenvalue weighted by Gasteiger charge is -2.18. The summed E-state index contributed by atoms with van der Waals surface area (Å²) in [6, 6.07) is 11.3. The molecule has 1 N–H and O–H groups in total. The molecule has 0 radical (unpaired) electrons. The lowest BCUT2D eigenvalue weighted by Crippen LogP contribution is -2.35. The summed E-state index contributed by atoms with van der Waals surface area (Å²) in [5.74, 6) is -0.132. The molecule has 6 heteroatoms. The molecule has 2 aromatic heterocycles. The molecule has 0 saturated carbocycles. The van der Waals surface area contributed by atoms with E-state index in [0.717, 1.165) is 37.1 Å². The van der Waals surface area contributed by atoms with Crippen molar-refractivity contribution in [3.05, 3.63) is 52.9 Å². The van der Waals surface area contributed by atoms with E-state index in [2.05, 4.69) is 24.1 Å². The molecule has 2 heterocycles. The third-order valence-electron chi connectivity index (χ3n) is 4.81. The monoisotopic (exact) mass is 354 g/mol. The third kappa shape index (κ3) is 3.65. The molecular formula is C20H26N4O2. The fourth-order valence-electron chi connectivity index (χ4n) is 3.34. The normalized spacial score (nSPS) is 11.5. The third-order valence-corrected chi connectivity index (χ3v) is 4.81. The minimum atomic E-state index is -0.146. The number of hydrogen-bond acceptors (Lipinski definition) is 3. The van der Waals surface area contributed by atoms with E-state index in [0.29, 0.717) is 12.1 Å². The van der Waals surface area contributed by atoms with Crippen molar-refractivity contribution in [2.75, 3.05) is 26.2 Å². The number of rotatable bonds is 8. The quantitative estimate of drug-likeness (QED) is 0.630. The molecule has 1 amide bonds. The molecule has 0 bridgehead atoms. The molecule has 0 fully saturated rings. The Kier molecular flexibility index (Phi) is 5.73. The van der Waals surface area contributed by atoms with Crippen molar-refractivity contribution in [3.8, 4) is 0 Å². The van der Waals surface area contributed by atoms with Crippen molar-refractivity contribution in [1.29, 1.82) is 0 Å². The van der Waals surface area contributed by atoms with E-state index in [-0.39, 0.29) is 18.0 Å². The van der Waals surface area contributed by atoms with Gasteiger partial charge in [-0.05, 0) is 50.3 Å². The number of carbonyl (C=O) groups excluding carboxylic acids is 1. The number of amides is 1. The Labute approximate surface area is 153 Å². The first-order valence-corrected chi connectivity index (χ1v) is 9.23.